The smallest absolute Gasteiger partial charge is 0.332 e. The van der Waals surface area contributed by atoms with Crippen molar-refractivity contribution in [3.05, 3.63) is 0 Å². The molecular formula is C13H22N2O5. The molecule has 4 N–H and O–H groups in total. The first-order valence-electron chi connectivity index (χ1n) is 6.79. The maximum absolute atomic E-state index is 11.9. The highest BCUT2D eigenvalue weighted by atomic mass is 16.5. The first-order chi connectivity index (χ1) is 9.32. The summed E-state index contributed by atoms with van der Waals surface area (Å²) in [6.07, 6.45) is 2.69. The van der Waals surface area contributed by atoms with E-state index in [9.17, 15) is 19.5 Å². The van der Waals surface area contributed by atoms with Gasteiger partial charge in [0.15, 0.2) is 6.04 Å². The predicted molar refractivity (Wildman–Crippen MR) is 70.7 cm³/mol. The van der Waals surface area contributed by atoms with E-state index in [2.05, 4.69) is 10.1 Å². The third-order valence-electron chi connectivity index (χ3n) is 3.84. The van der Waals surface area contributed by atoms with Crippen LogP contribution in [0, 0.1) is 5.41 Å². The van der Waals surface area contributed by atoms with Gasteiger partial charge in [0.1, 0.15) is 0 Å². The van der Waals surface area contributed by atoms with Gasteiger partial charge in [-0.1, -0.05) is 12.8 Å². The maximum Gasteiger partial charge on any atom is 0.332 e. The Morgan fingerprint density at radius 1 is 1.45 bits per heavy atom. The molecule has 0 aromatic heterocycles. The van der Waals surface area contributed by atoms with Crippen molar-refractivity contribution in [1.29, 1.82) is 0 Å². The van der Waals surface area contributed by atoms with Crippen LogP contribution in [-0.2, 0) is 19.1 Å². The largest absolute Gasteiger partial charge is 0.481 e. The van der Waals surface area contributed by atoms with Crippen LogP contribution < -0.4 is 11.1 Å². The predicted octanol–water partition coefficient (Wildman–Crippen LogP) is 0.0265. The highest BCUT2D eigenvalue weighted by Crippen LogP contribution is 2.36. The van der Waals surface area contributed by atoms with E-state index in [0.717, 1.165) is 12.8 Å². The average Bonchev–Trinajstić information content (AvgIpc) is 2.40. The first-order valence-corrected chi connectivity index (χ1v) is 6.79. The number of amides is 1. The standard InChI is InChI=1S/C13H22N2O5/c1-3-20-11(17)9(14)10(16)15-8-6-4-5-7-13(8,2)12(18)19/h8-9H,3-7,14H2,1-2H3,(H,15,16)(H,18,19). The maximum atomic E-state index is 11.9. The quantitative estimate of drug-likeness (QED) is 0.484. The number of aliphatic carboxylic acids is 1. The molecule has 0 spiro atoms. The molecule has 0 saturated heterocycles. The van der Waals surface area contributed by atoms with E-state index in [1.807, 2.05) is 0 Å². The number of nitrogens with two attached hydrogens (primary N) is 1. The van der Waals surface area contributed by atoms with Crippen LogP contribution in [0.3, 0.4) is 0 Å². The zero-order valence-corrected chi connectivity index (χ0v) is 11.8. The van der Waals surface area contributed by atoms with Gasteiger partial charge in [-0.2, -0.15) is 0 Å². The van der Waals surface area contributed by atoms with Gasteiger partial charge in [0.25, 0.3) is 0 Å². The minimum Gasteiger partial charge on any atom is -0.481 e. The number of carbonyl (C=O) groups is 3. The molecule has 0 aliphatic heterocycles. The number of carboxylic acid groups (broad SMARTS) is 1. The molecule has 3 unspecified atom stereocenters. The molecule has 0 aromatic rings. The van der Waals surface area contributed by atoms with Crippen molar-refractivity contribution in [1.82, 2.24) is 5.32 Å². The van der Waals surface area contributed by atoms with Crippen molar-refractivity contribution < 1.29 is 24.2 Å². The van der Waals surface area contributed by atoms with Crippen molar-refractivity contribution in [2.45, 2.75) is 51.6 Å². The Kier molecular flexibility index (Phi) is 5.50. The average molecular weight is 286 g/mol. The molecule has 0 heterocycles. The molecule has 20 heavy (non-hydrogen) atoms. The van der Waals surface area contributed by atoms with Gasteiger partial charge < -0.3 is 20.9 Å². The number of carbonyl (C=O) groups excluding carboxylic acids is 2. The van der Waals surface area contributed by atoms with Gasteiger partial charge in [0.2, 0.25) is 5.91 Å². The summed E-state index contributed by atoms with van der Waals surface area (Å²) in [5.41, 5.74) is 4.47. The molecule has 7 heteroatoms. The lowest BCUT2D eigenvalue weighted by molar-refractivity contribution is -0.152. The molecular weight excluding hydrogens is 264 g/mol. The summed E-state index contributed by atoms with van der Waals surface area (Å²) in [6.45, 7) is 3.36. The summed E-state index contributed by atoms with van der Waals surface area (Å²) in [5, 5.41) is 11.9. The number of esters is 1. The van der Waals surface area contributed by atoms with Gasteiger partial charge in [0.05, 0.1) is 12.0 Å². The number of ether oxygens (including phenoxy) is 1. The number of carboxylic acids is 1. The van der Waals surface area contributed by atoms with Gasteiger partial charge in [0, 0.05) is 6.04 Å². The number of rotatable bonds is 5. The molecule has 1 saturated carbocycles. The Morgan fingerprint density at radius 2 is 2.10 bits per heavy atom. The molecule has 0 bridgehead atoms. The van der Waals surface area contributed by atoms with E-state index >= 15 is 0 Å². The Hall–Kier alpha value is -1.63. The van der Waals surface area contributed by atoms with E-state index < -0.39 is 35.3 Å². The lowest BCUT2D eigenvalue weighted by Gasteiger charge is -2.38. The molecule has 1 amide bonds. The van der Waals surface area contributed by atoms with E-state index in [1.54, 1.807) is 13.8 Å². The van der Waals surface area contributed by atoms with Crippen LogP contribution >= 0.6 is 0 Å². The summed E-state index contributed by atoms with van der Waals surface area (Å²) < 4.78 is 4.67. The summed E-state index contributed by atoms with van der Waals surface area (Å²) in [6, 6.07) is -1.95. The molecule has 7 nitrogen and oxygen atoms in total. The van der Waals surface area contributed by atoms with Gasteiger partial charge in [-0.05, 0) is 26.7 Å². The SMILES string of the molecule is CCOC(=O)C(N)C(=O)NC1CCCCC1(C)C(=O)O. The van der Waals surface area contributed by atoms with Gasteiger partial charge in [-0.3, -0.25) is 9.59 Å². The van der Waals surface area contributed by atoms with E-state index in [-0.39, 0.29) is 6.61 Å². The van der Waals surface area contributed by atoms with E-state index in [1.165, 1.54) is 0 Å². The lowest BCUT2D eigenvalue weighted by Crippen LogP contribution is -2.57. The van der Waals surface area contributed by atoms with Crippen LogP contribution in [0.4, 0.5) is 0 Å². The Labute approximate surface area is 117 Å². The zero-order chi connectivity index (χ0) is 15.3. The monoisotopic (exact) mass is 286 g/mol. The summed E-state index contributed by atoms with van der Waals surface area (Å²) in [4.78, 5) is 34.7. The van der Waals surface area contributed by atoms with Crippen LogP contribution in [0.1, 0.15) is 39.5 Å². The molecule has 0 radical (unpaired) electrons. The molecule has 1 aliphatic rings. The van der Waals surface area contributed by atoms with E-state index in [0.29, 0.717) is 12.8 Å². The fraction of sp³-hybridized carbons (Fsp3) is 0.769. The van der Waals surface area contributed by atoms with Crippen molar-refractivity contribution in [2.75, 3.05) is 6.61 Å². The molecule has 114 valence electrons. The fourth-order valence-electron chi connectivity index (χ4n) is 2.42. The topological polar surface area (TPSA) is 119 Å². The third-order valence-corrected chi connectivity index (χ3v) is 3.84. The van der Waals surface area contributed by atoms with Crippen LogP contribution in [0.25, 0.3) is 0 Å². The molecule has 1 rings (SSSR count). The van der Waals surface area contributed by atoms with Crippen LogP contribution in [0.2, 0.25) is 0 Å². The van der Waals surface area contributed by atoms with Crippen molar-refractivity contribution >= 4 is 17.8 Å². The highest BCUT2D eigenvalue weighted by Gasteiger charge is 2.44. The van der Waals surface area contributed by atoms with Crippen LogP contribution in [0.15, 0.2) is 0 Å². The van der Waals surface area contributed by atoms with Crippen molar-refractivity contribution in [3.63, 3.8) is 0 Å². The molecule has 1 fully saturated rings. The zero-order valence-electron chi connectivity index (χ0n) is 11.8. The lowest BCUT2D eigenvalue weighted by atomic mass is 9.71. The van der Waals surface area contributed by atoms with Crippen LogP contribution in [0.5, 0.6) is 0 Å². The second-order valence-electron chi connectivity index (χ2n) is 5.26. The minimum atomic E-state index is -1.42. The van der Waals surface area contributed by atoms with Gasteiger partial charge in [-0.15, -0.1) is 0 Å². The minimum absolute atomic E-state index is 0.135. The second kappa shape index (κ2) is 6.69. The van der Waals surface area contributed by atoms with E-state index in [4.69, 9.17) is 5.73 Å². The Balaban J connectivity index is 2.72. The highest BCUT2D eigenvalue weighted by molar-refractivity contribution is 6.02. The molecule has 3 atom stereocenters. The number of hydrogen-bond acceptors (Lipinski definition) is 5. The normalized spacial score (nSPS) is 27.4. The summed E-state index contributed by atoms with van der Waals surface area (Å²) in [5.74, 6) is -2.45. The Bertz CT molecular complexity index is 398. The number of hydrogen-bond donors (Lipinski definition) is 3. The summed E-state index contributed by atoms with van der Waals surface area (Å²) in [7, 11) is 0. The van der Waals surface area contributed by atoms with Gasteiger partial charge >= 0.3 is 11.9 Å². The van der Waals surface area contributed by atoms with Crippen LogP contribution in [-0.4, -0.2) is 41.6 Å². The van der Waals surface area contributed by atoms with Crippen molar-refractivity contribution in [2.24, 2.45) is 11.1 Å². The van der Waals surface area contributed by atoms with Gasteiger partial charge in [-0.25, -0.2) is 4.79 Å². The molecule has 1 aliphatic carbocycles. The first kappa shape index (κ1) is 16.4. The van der Waals surface area contributed by atoms with Crippen molar-refractivity contribution in [3.8, 4) is 0 Å². The fourth-order valence-corrected chi connectivity index (χ4v) is 2.42. The molecule has 0 aromatic carbocycles. The third kappa shape index (κ3) is 3.47. The summed E-state index contributed by atoms with van der Waals surface area (Å²) >= 11 is 0. The number of nitrogens with one attached hydrogen (secondary N) is 1. The Morgan fingerprint density at radius 3 is 2.65 bits per heavy atom. The second-order valence-corrected chi connectivity index (χ2v) is 5.26.